The molecule has 0 aromatic heterocycles. The number of benzene rings is 1. The van der Waals surface area contributed by atoms with Crippen molar-refractivity contribution in [2.75, 3.05) is 6.61 Å². The van der Waals surface area contributed by atoms with E-state index in [1.165, 1.54) is 0 Å². The van der Waals surface area contributed by atoms with Crippen LogP contribution < -0.4 is 11.1 Å². The molecule has 1 aromatic carbocycles. The van der Waals surface area contributed by atoms with Crippen molar-refractivity contribution in [2.24, 2.45) is 5.73 Å². The normalized spacial score (nSPS) is 12.8. The second kappa shape index (κ2) is 11.1. The molecule has 26 heavy (non-hydrogen) atoms. The predicted molar refractivity (Wildman–Crippen MR) is 86.0 cm³/mol. The van der Waals surface area contributed by atoms with Gasteiger partial charge in [-0.3, -0.25) is 4.79 Å². The lowest BCUT2D eigenvalue weighted by atomic mass is 10.1. The summed E-state index contributed by atoms with van der Waals surface area (Å²) in [6, 6.07) is 8.12. The molecule has 7 nitrogen and oxygen atoms in total. The number of hydrogen-bond acceptors (Lipinski definition) is 5. The van der Waals surface area contributed by atoms with Crippen LogP contribution in [0.5, 0.6) is 0 Å². The number of hydrogen-bond donors (Lipinski definition) is 3. The molecule has 1 rings (SSSR count). The number of amides is 1. The van der Waals surface area contributed by atoms with E-state index in [4.69, 9.17) is 20.4 Å². The van der Waals surface area contributed by atoms with Crippen molar-refractivity contribution in [1.82, 2.24) is 5.32 Å². The Morgan fingerprint density at radius 3 is 2.15 bits per heavy atom. The molecule has 0 bridgehead atoms. The van der Waals surface area contributed by atoms with Gasteiger partial charge in [-0.05, 0) is 25.8 Å². The standard InChI is InChI=1S/C14H20N2O3.C2HF3O2/c1-3-19-14(18)10(2)16-13(17)12(15)9-11-7-5-4-6-8-11;3-2(4,5)1(6)7/h4-8,10,12H,3,9,15H2,1-2H3,(H,16,17);(H,6,7)/t10-,12-;/m0./s1. The fraction of sp³-hybridized carbons (Fsp3) is 0.438. The Labute approximate surface area is 148 Å². The molecule has 0 aliphatic rings. The number of aliphatic carboxylic acids is 1. The maximum atomic E-state index is 11.8. The highest BCUT2D eigenvalue weighted by atomic mass is 19.4. The molecule has 0 saturated heterocycles. The van der Waals surface area contributed by atoms with Crippen LogP contribution in [0.25, 0.3) is 0 Å². The summed E-state index contributed by atoms with van der Waals surface area (Å²) in [5.41, 5.74) is 6.79. The molecule has 0 heterocycles. The van der Waals surface area contributed by atoms with Crippen LogP contribution in [0.1, 0.15) is 19.4 Å². The zero-order valence-electron chi connectivity index (χ0n) is 14.2. The lowest BCUT2D eigenvalue weighted by Gasteiger charge is -2.16. The van der Waals surface area contributed by atoms with Crippen molar-refractivity contribution in [3.05, 3.63) is 35.9 Å². The number of ether oxygens (including phenoxy) is 1. The molecule has 0 unspecified atom stereocenters. The fourth-order valence-electron chi connectivity index (χ4n) is 1.61. The van der Waals surface area contributed by atoms with Gasteiger partial charge in [0, 0.05) is 0 Å². The molecule has 1 aromatic rings. The van der Waals surface area contributed by atoms with Crippen molar-refractivity contribution in [1.29, 1.82) is 0 Å². The average molecular weight is 378 g/mol. The third-order valence-corrected chi connectivity index (χ3v) is 2.88. The quantitative estimate of drug-likeness (QED) is 0.641. The first-order valence-corrected chi connectivity index (χ1v) is 7.55. The van der Waals surface area contributed by atoms with Gasteiger partial charge in [0.05, 0.1) is 12.6 Å². The summed E-state index contributed by atoms with van der Waals surface area (Å²) in [6.45, 7) is 3.58. The fourth-order valence-corrected chi connectivity index (χ4v) is 1.61. The molecule has 1 amide bonds. The SMILES string of the molecule is CCOC(=O)[C@H](C)NC(=O)[C@@H](N)Cc1ccccc1.O=C(O)C(F)(F)F. The van der Waals surface area contributed by atoms with Crippen LogP contribution in [0.15, 0.2) is 30.3 Å². The van der Waals surface area contributed by atoms with Crippen LogP contribution in [0.3, 0.4) is 0 Å². The molecule has 10 heteroatoms. The van der Waals surface area contributed by atoms with Gasteiger partial charge in [-0.25, -0.2) is 9.59 Å². The highest BCUT2D eigenvalue weighted by molar-refractivity contribution is 5.87. The maximum Gasteiger partial charge on any atom is 0.490 e. The van der Waals surface area contributed by atoms with E-state index in [9.17, 15) is 22.8 Å². The predicted octanol–water partition coefficient (Wildman–Crippen LogP) is 1.26. The average Bonchev–Trinajstić information content (AvgIpc) is 2.55. The van der Waals surface area contributed by atoms with E-state index in [1.807, 2.05) is 30.3 Å². The van der Waals surface area contributed by atoms with Crippen molar-refractivity contribution in [3.63, 3.8) is 0 Å². The molecule has 146 valence electrons. The van der Waals surface area contributed by atoms with Crippen molar-refractivity contribution >= 4 is 17.8 Å². The molecule has 0 fully saturated rings. The Balaban J connectivity index is 0.000000758. The van der Waals surface area contributed by atoms with Crippen molar-refractivity contribution in [2.45, 2.75) is 38.5 Å². The molecule has 0 radical (unpaired) electrons. The molecular formula is C16H21F3N2O5. The summed E-state index contributed by atoms with van der Waals surface area (Å²) < 4.78 is 36.5. The van der Waals surface area contributed by atoms with Crippen LogP contribution in [0, 0.1) is 0 Å². The van der Waals surface area contributed by atoms with Crippen LogP contribution in [0.4, 0.5) is 13.2 Å². The van der Waals surface area contributed by atoms with Gasteiger partial charge in [-0.2, -0.15) is 13.2 Å². The van der Waals surface area contributed by atoms with Gasteiger partial charge in [0.2, 0.25) is 5.91 Å². The third kappa shape index (κ3) is 9.62. The van der Waals surface area contributed by atoms with Crippen LogP contribution in [-0.2, 0) is 25.5 Å². The van der Waals surface area contributed by atoms with Gasteiger partial charge in [-0.15, -0.1) is 0 Å². The highest BCUT2D eigenvalue weighted by Gasteiger charge is 2.38. The van der Waals surface area contributed by atoms with E-state index in [2.05, 4.69) is 5.32 Å². The summed E-state index contributed by atoms with van der Waals surface area (Å²) in [6.07, 6.45) is -4.65. The number of alkyl halides is 3. The zero-order valence-corrected chi connectivity index (χ0v) is 14.2. The van der Waals surface area contributed by atoms with Crippen LogP contribution in [-0.4, -0.2) is 47.8 Å². The monoisotopic (exact) mass is 378 g/mol. The van der Waals surface area contributed by atoms with E-state index >= 15 is 0 Å². The van der Waals surface area contributed by atoms with Crippen LogP contribution in [0.2, 0.25) is 0 Å². The molecule has 0 aliphatic carbocycles. The second-order valence-corrected chi connectivity index (χ2v) is 5.08. The van der Waals surface area contributed by atoms with Gasteiger partial charge in [0.15, 0.2) is 0 Å². The maximum absolute atomic E-state index is 11.8. The smallest absolute Gasteiger partial charge is 0.475 e. The summed E-state index contributed by atoms with van der Waals surface area (Å²) in [7, 11) is 0. The largest absolute Gasteiger partial charge is 0.490 e. The third-order valence-electron chi connectivity index (χ3n) is 2.88. The number of nitrogens with one attached hydrogen (secondary N) is 1. The number of halogens is 3. The number of esters is 1. The number of carbonyl (C=O) groups is 3. The van der Waals surface area contributed by atoms with E-state index in [1.54, 1.807) is 13.8 Å². The first kappa shape index (κ1) is 23.4. The Morgan fingerprint density at radius 2 is 1.73 bits per heavy atom. The topological polar surface area (TPSA) is 119 Å². The van der Waals surface area contributed by atoms with Gasteiger partial charge >= 0.3 is 18.1 Å². The van der Waals surface area contributed by atoms with E-state index in [0.717, 1.165) is 5.56 Å². The number of nitrogens with two attached hydrogens (primary N) is 1. The minimum atomic E-state index is -5.08. The van der Waals surface area contributed by atoms with E-state index in [0.29, 0.717) is 6.42 Å². The number of carboxylic acids is 1. The molecular weight excluding hydrogens is 357 g/mol. The Hall–Kier alpha value is -2.62. The van der Waals surface area contributed by atoms with Gasteiger partial charge < -0.3 is 20.9 Å². The summed E-state index contributed by atoms with van der Waals surface area (Å²) >= 11 is 0. The first-order valence-electron chi connectivity index (χ1n) is 7.55. The lowest BCUT2D eigenvalue weighted by Crippen LogP contribution is -2.48. The highest BCUT2D eigenvalue weighted by Crippen LogP contribution is 2.13. The Kier molecular flexibility index (Phi) is 9.97. The van der Waals surface area contributed by atoms with E-state index < -0.39 is 30.2 Å². The summed E-state index contributed by atoms with van der Waals surface area (Å²) in [5.74, 6) is -3.57. The second-order valence-electron chi connectivity index (χ2n) is 5.08. The van der Waals surface area contributed by atoms with Crippen molar-refractivity contribution < 1.29 is 37.4 Å². The molecule has 0 saturated carbocycles. The molecule has 4 N–H and O–H groups in total. The van der Waals surface area contributed by atoms with Gasteiger partial charge in [0.1, 0.15) is 6.04 Å². The number of carbonyl (C=O) groups excluding carboxylic acids is 2. The minimum absolute atomic E-state index is 0.287. The van der Waals surface area contributed by atoms with Crippen molar-refractivity contribution in [3.8, 4) is 0 Å². The van der Waals surface area contributed by atoms with Gasteiger partial charge in [0.25, 0.3) is 0 Å². The van der Waals surface area contributed by atoms with E-state index in [-0.39, 0.29) is 12.5 Å². The summed E-state index contributed by atoms with van der Waals surface area (Å²) in [4.78, 5) is 32.1. The minimum Gasteiger partial charge on any atom is -0.475 e. The molecule has 0 spiro atoms. The Bertz CT molecular complexity index is 593. The van der Waals surface area contributed by atoms with Gasteiger partial charge in [-0.1, -0.05) is 30.3 Å². The molecule has 0 aliphatic heterocycles. The number of carboxylic acid groups (broad SMARTS) is 1. The van der Waals surface area contributed by atoms with Crippen LogP contribution >= 0.6 is 0 Å². The first-order chi connectivity index (χ1) is 12.0. The summed E-state index contributed by atoms with van der Waals surface area (Å²) in [5, 5.41) is 9.67. The number of rotatable bonds is 6. The lowest BCUT2D eigenvalue weighted by molar-refractivity contribution is -0.192. The molecule has 2 atom stereocenters. The zero-order chi connectivity index (χ0) is 20.3. The Morgan fingerprint density at radius 1 is 1.23 bits per heavy atom.